The van der Waals surface area contributed by atoms with Gasteiger partial charge in [0.15, 0.2) is 0 Å². The van der Waals surface area contributed by atoms with Crippen LogP contribution in [0.2, 0.25) is 0 Å². The summed E-state index contributed by atoms with van der Waals surface area (Å²) < 4.78 is 4.76. The number of hydrogen-bond acceptors (Lipinski definition) is 2. The number of carbonyl (C=O) groups is 1. The Balaban J connectivity index is 3.23. The Morgan fingerprint density at radius 1 is 1.64 bits per heavy atom. The number of halogens is 1. The van der Waals surface area contributed by atoms with Crippen LogP contribution in [-0.4, -0.2) is 24.6 Å². The SMILES string of the molecule is CC(C)NC(=O)OCCCCl. The van der Waals surface area contributed by atoms with Crippen molar-refractivity contribution in [3.05, 3.63) is 0 Å². The minimum absolute atomic E-state index is 0.124. The molecule has 0 aliphatic heterocycles. The molecule has 1 N–H and O–H groups in total. The summed E-state index contributed by atoms with van der Waals surface area (Å²) in [5.41, 5.74) is 0. The lowest BCUT2D eigenvalue weighted by atomic mass is 10.4. The summed E-state index contributed by atoms with van der Waals surface area (Å²) in [4.78, 5) is 10.8. The largest absolute Gasteiger partial charge is 0.450 e. The lowest BCUT2D eigenvalue weighted by molar-refractivity contribution is 0.144. The van der Waals surface area contributed by atoms with E-state index in [1.807, 2.05) is 13.8 Å². The van der Waals surface area contributed by atoms with Gasteiger partial charge in [-0.25, -0.2) is 4.79 Å². The highest BCUT2D eigenvalue weighted by Crippen LogP contribution is 1.87. The summed E-state index contributed by atoms with van der Waals surface area (Å²) in [7, 11) is 0. The van der Waals surface area contributed by atoms with E-state index in [1.165, 1.54) is 0 Å². The monoisotopic (exact) mass is 179 g/mol. The van der Waals surface area contributed by atoms with Gasteiger partial charge in [0.05, 0.1) is 6.61 Å². The number of hydrogen-bond donors (Lipinski definition) is 1. The van der Waals surface area contributed by atoms with Crippen LogP contribution in [0.25, 0.3) is 0 Å². The van der Waals surface area contributed by atoms with E-state index in [-0.39, 0.29) is 12.1 Å². The molecular weight excluding hydrogens is 166 g/mol. The van der Waals surface area contributed by atoms with Crippen LogP contribution < -0.4 is 5.32 Å². The molecule has 0 aromatic heterocycles. The highest BCUT2D eigenvalue weighted by atomic mass is 35.5. The molecule has 0 fully saturated rings. The summed E-state index contributed by atoms with van der Waals surface area (Å²) in [6.07, 6.45) is 0.331. The quantitative estimate of drug-likeness (QED) is 0.528. The van der Waals surface area contributed by atoms with Crippen molar-refractivity contribution in [1.82, 2.24) is 5.32 Å². The van der Waals surface area contributed by atoms with Crippen molar-refractivity contribution in [1.29, 1.82) is 0 Å². The topological polar surface area (TPSA) is 38.3 Å². The van der Waals surface area contributed by atoms with E-state index in [4.69, 9.17) is 16.3 Å². The fraction of sp³-hybridized carbons (Fsp3) is 0.857. The molecule has 4 heteroatoms. The molecule has 3 nitrogen and oxygen atoms in total. The Bertz CT molecular complexity index is 117. The van der Waals surface area contributed by atoms with Gasteiger partial charge in [0.1, 0.15) is 0 Å². The molecule has 0 spiro atoms. The number of rotatable bonds is 4. The molecule has 0 unspecified atom stereocenters. The molecule has 66 valence electrons. The minimum Gasteiger partial charge on any atom is -0.450 e. The number of nitrogens with one attached hydrogen (secondary N) is 1. The van der Waals surface area contributed by atoms with Crippen LogP contribution in [-0.2, 0) is 4.74 Å². The Hall–Kier alpha value is -0.440. The maximum Gasteiger partial charge on any atom is 0.407 e. The van der Waals surface area contributed by atoms with E-state index in [1.54, 1.807) is 0 Å². The van der Waals surface area contributed by atoms with Crippen LogP contribution in [0.3, 0.4) is 0 Å². The normalized spacial score (nSPS) is 9.82. The van der Waals surface area contributed by atoms with Crippen molar-refractivity contribution < 1.29 is 9.53 Å². The van der Waals surface area contributed by atoms with Crippen LogP contribution in [0.1, 0.15) is 20.3 Å². The van der Waals surface area contributed by atoms with Gasteiger partial charge in [-0.05, 0) is 20.3 Å². The molecular formula is C7H14ClNO2. The average Bonchev–Trinajstić information content (AvgIpc) is 1.86. The second-order valence-electron chi connectivity index (χ2n) is 2.48. The second-order valence-corrected chi connectivity index (χ2v) is 2.86. The van der Waals surface area contributed by atoms with Crippen molar-refractivity contribution in [2.24, 2.45) is 0 Å². The molecule has 0 aliphatic carbocycles. The highest BCUT2D eigenvalue weighted by Gasteiger charge is 2.01. The first-order valence-electron chi connectivity index (χ1n) is 3.66. The van der Waals surface area contributed by atoms with Gasteiger partial charge in [-0.1, -0.05) is 0 Å². The fourth-order valence-electron chi connectivity index (χ4n) is 0.497. The van der Waals surface area contributed by atoms with E-state index < -0.39 is 0 Å². The molecule has 0 aromatic carbocycles. The van der Waals surface area contributed by atoms with Crippen LogP contribution >= 0.6 is 11.6 Å². The predicted molar refractivity (Wildman–Crippen MR) is 45.0 cm³/mol. The molecule has 0 heterocycles. The second kappa shape index (κ2) is 6.28. The Labute approximate surface area is 72.1 Å². The molecule has 11 heavy (non-hydrogen) atoms. The number of amides is 1. The van der Waals surface area contributed by atoms with Crippen molar-refractivity contribution >= 4 is 17.7 Å². The molecule has 0 bridgehead atoms. The highest BCUT2D eigenvalue weighted by molar-refractivity contribution is 6.17. The predicted octanol–water partition coefficient (Wildman–Crippen LogP) is 1.75. The van der Waals surface area contributed by atoms with Crippen LogP contribution in [0, 0.1) is 0 Å². The minimum atomic E-state index is -0.370. The lowest BCUT2D eigenvalue weighted by Gasteiger charge is -2.07. The number of alkyl halides is 1. The zero-order valence-corrected chi connectivity index (χ0v) is 7.65. The van der Waals surface area contributed by atoms with E-state index in [0.717, 1.165) is 0 Å². The van der Waals surface area contributed by atoms with E-state index in [9.17, 15) is 4.79 Å². The van der Waals surface area contributed by atoms with Gasteiger partial charge >= 0.3 is 6.09 Å². The van der Waals surface area contributed by atoms with Crippen molar-refractivity contribution in [2.45, 2.75) is 26.3 Å². The van der Waals surface area contributed by atoms with Gasteiger partial charge in [0.2, 0.25) is 0 Å². The molecule has 0 saturated heterocycles. The maximum absolute atomic E-state index is 10.8. The third-order valence-electron chi connectivity index (χ3n) is 0.918. The molecule has 0 saturated carbocycles. The Morgan fingerprint density at radius 3 is 2.73 bits per heavy atom. The zero-order valence-electron chi connectivity index (χ0n) is 6.89. The number of carbonyl (C=O) groups excluding carboxylic acids is 1. The molecule has 1 amide bonds. The summed E-state index contributed by atoms with van der Waals surface area (Å²) in [6, 6.07) is 0.124. The lowest BCUT2D eigenvalue weighted by Crippen LogP contribution is -2.30. The summed E-state index contributed by atoms with van der Waals surface area (Å²) in [6.45, 7) is 4.15. The Kier molecular flexibility index (Phi) is 6.03. The van der Waals surface area contributed by atoms with Gasteiger partial charge in [0, 0.05) is 11.9 Å². The van der Waals surface area contributed by atoms with Crippen LogP contribution in [0.5, 0.6) is 0 Å². The van der Waals surface area contributed by atoms with E-state index >= 15 is 0 Å². The van der Waals surface area contributed by atoms with Crippen molar-refractivity contribution in [2.75, 3.05) is 12.5 Å². The first-order valence-corrected chi connectivity index (χ1v) is 4.19. The summed E-state index contributed by atoms with van der Waals surface area (Å²) in [5.74, 6) is 0.523. The summed E-state index contributed by atoms with van der Waals surface area (Å²) >= 11 is 5.38. The third-order valence-corrected chi connectivity index (χ3v) is 1.18. The van der Waals surface area contributed by atoms with Gasteiger partial charge in [0.25, 0.3) is 0 Å². The molecule has 0 aromatic rings. The molecule has 0 radical (unpaired) electrons. The maximum atomic E-state index is 10.8. The summed E-state index contributed by atoms with van der Waals surface area (Å²) in [5, 5.41) is 2.60. The first-order chi connectivity index (χ1) is 5.16. The zero-order chi connectivity index (χ0) is 8.69. The van der Waals surface area contributed by atoms with Gasteiger partial charge in [-0.2, -0.15) is 0 Å². The van der Waals surface area contributed by atoms with E-state index in [2.05, 4.69) is 5.32 Å². The van der Waals surface area contributed by atoms with Gasteiger partial charge < -0.3 is 10.1 Å². The fourth-order valence-corrected chi connectivity index (χ4v) is 0.606. The first kappa shape index (κ1) is 10.6. The third kappa shape index (κ3) is 7.46. The van der Waals surface area contributed by atoms with E-state index in [0.29, 0.717) is 18.9 Å². The van der Waals surface area contributed by atoms with Crippen LogP contribution in [0.4, 0.5) is 4.79 Å². The van der Waals surface area contributed by atoms with Crippen LogP contribution in [0.15, 0.2) is 0 Å². The van der Waals surface area contributed by atoms with Crippen molar-refractivity contribution in [3.63, 3.8) is 0 Å². The van der Waals surface area contributed by atoms with Gasteiger partial charge in [-0.15, -0.1) is 11.6 Å². The average molecular weight is 180 g/mol. The number of ether oxygens (including phenoxy) is 1. The smallest absolute Gasteiger partial charge is 0.407 e. The Morgan fingerprint density at radius 2 is 2.27 bits per heavy atom. The molecule has 0 rings (SSSR count). The standard InChI is InChI=1S/C7H14ClNO2/c1-6(2)9-7(10)11-5-3-4-8/h6H,3-5H2,1-2H3,(H,9,10). The molecule has 0 atom stereocenters. The van der Waals surface area contributed by atoms with Gasteiger partial charge in [-0.3, -0.25) is 0 Å². The van der Waals surface area contributed by atoms with Crippen molar-refractivity contribution in [3.8, 4) is 0 Å². The number of alkyl carbamates (subject to hydrolysis) is 1. The molecule has 0 aliphatic rings.